The maximum atomic E-state index is 8.09. The van der Waals surface area contributed by atoms with Gasteiger partial charge in [-0.3, -0.25) is 5.41 Å². The Labute approximate surface area is 171 Å². The van der Waals surface area contributed by atoms with Crippen LogP contribution in [-0.2, 0) is 11.8 Å². The first-order valence-electron chi connectivity index (χ1n) is 9.96. The van der Waals surface area contributed by atoms with Crippen LogP contribution in [0.2, 0.25) is 0 Å². The molecule has 0 unspecified atom stereocenters. The van der Waals surface area contributed by atoms with E-state index < -0.39 is 5.41 Å². The summed E-state index contributed by atoms with van der Waals surface area (Å²) in [6, 6.07) is 5.97. The predicted octanol–water partition coefficient (Wildman–Crippen LogP) is 4.22. The number of methoxy groups -OCH3 is 1. The van der Waals surface area contributed by atoms with E-state index in [1.165, 1.54) is 0 Å². The molecule has 0 aliphatic heterocycles. The zero-order valence-electron chi connectivity index (χ0n) is 17.3. The molecule has 1 aromatic carbocycles. The second-order valence-electron chi connectivity index (χ2n) is 7.52. The molecule has 5 N–H and O–H groups in total. The largest absolute Gasteiger partial charge is 0.496 e. The molecule has 0 radical (unpaired) electrons. The normalized spacial score (nSPS) is 14.3. The number of nitrogens with two attached hydrogens (primary N) is 1. The van der Waals surface area contributed by atoms with Crippen molar-refractivity contribution in [3.05, 3.63) is 40.6 Å². The molecule has 1 heterocycles. The van der Waals surface area contributed by atoms with E-state index in [1.54, 1.807) is 7.11 Å². The summed E-state index contributed by atoms with van der Waals surface area (Å²) in [5.41, 5.74) is 16.5. The Kier molecular flexibility index (Phi) is 6.10. The van der Waals surface area contributed by atoms with Gasteiger partial charge in [0.25, 0.3) is 0 Å². The minimum Gasteiger partial charge on any atom is -0.496 e. The second kappa shape index (κ2) is 8.55. The molecule has 0 amide bonds. The standard InChI is InChI=1S/C21H29N7O/c1-4-5-10-25-18-16(13(2)26-20(23)27-18)12-14-11-15(6-7-17(14)29-3)21(8-9-21)19(22)28-24/h6-7,11,22,24H,4-5,8-10,12H2,1-3H3,(H3,23,25,26,27). The fourth-order valence-electron chi connectivity index (χ4n) is 3.66. The molecule has 1 aliphatic carbocycles. The summed E-state index contributed by atoms with van der Waals surface area (Å²) >= 11 is 0. The molecule has 0 bridgehead atoms. The quantitative estimate of drug-likeness (QED) is 0.218. The Hall–Kier alpha value is -3.03. The monoisotopic (exact) mass is 395 g/mol. The van der Waals surface area contributed by atoms with E-state index in [2.05, 4.69) is 33.4 Å². The van der Waals surface area contributed by atoms with Gasteiger partial charge in [0, 0.05) is 24.2 Å². The van der Waals surface area contributed by atoms with Crippen LogP contribution in [0.25, 0.3) is 0 Å². The summed E-state index contributed by atoms with van der Waals surface area (Å²) in [5.74, 6) is 1.90. The number of hydrogen-bond acceptors (Lipinski definition) is 7. The maximum Gasteiger partial charge on any atom is 0.222 e. The Balaban J connectivity index is 1.98. The number of ether oxygens (including phenoxy) is 1. The average Bonchev–Trinajstić information content (AvgIpc) is 3.52. The summed E-state index contributed by atoms with van der Waals surface area (Å²) in [7, 11) is 1.65. The molecule has 1 aromatic heterocycles. The topological polar surface area (TPSA) is 133 Å². The van der Waals surface area contributed by atoms with Crippen LogP contribution >= 0.6 is 0 Å². The smallest absolute Gasteiger partial charge is 0.222 e. The minimum absolute atomic E-state index is 0.113. The van der Waals surface area contributed by atoms with Crippen LogP contribution in [0.5, 0.6) is 5.75 Å². The van der Waals surface area contributed by atoms with Crippen LogP contribution in [0.3, 0.4) is 0 Å². The number of benzene rings is 1. The van der Waals surface area contributed by atoms with Crippen LogP contribution in [0.15, 0.2) is 23.3 Å². The number of amidine groups is 1. The number of aryl methyl sites for hydroxylation is 1. The molecule has 1 saturated carbocycles. The van der Waals surface area contributed by atoms with Crippen molar-refractivity contribution in [3.8, 4) is 5.75 Å². The number of anilines is 2. The number of rotatable bonds is 9. The van der Waals surface area contributed by atoms with Gasteiger partial charge in [-0.2, -0.15) is 4.98 Å². The average molecular weight is 396 g/mol. The number of hydrogen-bond donors (Lipinski definition) is 4. The molecule has 2 aromatic rings. The number of aromatic nitrogens is 2. The lowest BCUT2D eigenvalue weighted by Crippen LogP contribution is -2.17. The van der Waals surface area contributed by atoms with Gasteiger partial charge in [-0.1, -0.05) is 25.5 Å². The van der Waals surface area contributed by atoms with E-state index in [0.29, 0.717) is 6.42 Å². The van der Waals surface area contributed by atoms with Crippen LogP contribution in [0, 0.1) is 17.9 Å². The van der Waals surface area contributed by atoms with Gasteiger partial charge in [-0.25, -0.2) is 10.5 Å². The van der Waals surface area contributed by atoms with Crippen molar-refractivity contribution >= 4 is 17.6 Å². The Morgan fingerprint density at radius 1 is 1.34 bits per heavy atom. The molecule has 8 heteroatoms. The van der Waals surface area contributed by atoms with Crippen molar-refractivity contribution in [2.45, 2.75) is 51.4 Å². The zero-order chi connectivity index (χ0) is 21.0. The molecular formula is C21H29N7O. The van der Waals surface area contributed by atoms with Gasteiger partial charge in [-0.15, -0.1) is 5.11 Å². The molecule has 8 nitrogen and oxygen atoms in total. The van der Waals surface area contributed by atoms with Crippen LogP contribution in [0.4, 0.5) is 11.8 Å². The fourth-order valence-corrected chi connectivity index (χ4v) is 3.66. The summed E-state index contributed by atoms with van der Waals surface area (Å²) in [6.07, 6.45) is 4.40. The van der Waals surface area contributed by atoms with Crippen molar-refractivity contribution in [1.29, 1.82) is 10.9 Å². The molecule has 1 fully saturated rings. The van der Waals surface area contributed by atoms with E-state index >= 15 is 0 Å². The molecule has 0 spiro atoms. The molecule has 0 saturated heterocycles. The van der Waals surface area contributed by atoms with Crippen molar-refractivity contribution < 1.29 is 4.74 Å². The summed E-state index contributed by atoms with van der Waals surface area (Å²) in [5, 5.41) is 14.9. The molecule has 154 valence electrons. The number of unbranched alkanes of at least 4 members (excludes halogenated alkanes) is 1. The lowest BCUT2D eigenvalue weighted by Gasteiger charge is -2.18. The van der Waals surface area contributed by atoms with E-state index in [-0.39, 0.29) is 11.8 Å². The Morgan fingerprint density at radius 3 is 2.72 bits per heavy atom. The van der Waals surface area contributed by atoms with E-state index in [9.17, 15) is 0 Å². The third kappa shape index (κ3) is 4.21. The third-order valence-electron chi connectivity index (χ3n) is 5.57. The van der Waals surface area contributed by atoms with Gasteiger partial charge < -0.3 is 15.8 Å². The third-order valence-corrected chi connectivity index (χ3v) is 5.57. The number of nitrogen functional groups attached to an aromatic ring is 1. The van der Waals surface area contributed by atoms with Gasteiger partial charge in [-0.05, 0) is 43.4 Å². The highest BCUT2D eigenvalue weighted by Gasteiger charge is 2.49. The lowest BCUT2D eigenvalue weighted by atomic mass is 9.91. The number of nitrogens with zero attached hydrogens (tertiary/aromatic N) is 3. The van der Waals surface area contributed by atoms with E-state index in [0.717, 1.165) is 66.2 Å². The van der Waals surface area contributed by atoms with Gasteiger partial charge in [0.1, 0.15) is 11.6 Å². The van der Waals surface area contributed by atoms with Crippen molar-refractivity contribution in [2.24, 2.45) is 5.11 Å². The molecule has 29 heavy (non-hydrogen) atoms. The Morgan fingerprint density at radius 2 is 2.10 bits per heavy atom. The Bertz CT molecular complexity index is 921. The first-order chi connectivity index (χ1) is 13.9. The lowest BCUT2D eigenvalue weighted by molar-refractivity contribution is 0.410. The maximum absolute atomic E-state index is 8.09. The minimum atomic E-state index is -0.433. The van der Waals surface area contributed by atoms with Gasteiger partial charge in [0.15, 0.2) is 5.84 Å². The SMILES string of the molecule is CCCCNc1nc(N)nc(C)c1Cc1cc(C2(C(=N)N=N)CC2)ccc1OC. The van der Waals surface area contributed by atoms with E-state index in [4.69, 9.17) is 21.4 Å². The predicted molar refractivity (Wildman–Crippen MR) is 114 cm³/mol. The molecule has 0 atom stereocenters. The van der Waals surface area contributed by atoms with E-state index in [1.807, 2.05) is 19.1 Å². The molecule has 1 aliphatic rings. The van der Waals surface area contributed by atoms with Crippen LogP contribution < -0.4 is 15.8 Å². The summed E-state index contributed by atoms with van der Waals surface area (Å²) in [4.78, 5) is 8.77. The van der Waals surface area contributed by atoms with Crippen molar-refractivity contribution in [1.82, 2.24) is 9.97 Å². The number of nitrogens with one attached hydrogen (secondary N) is 3. The van der Waals surface area contributed by atoms with Gasteiger partial charge in [0.2, 0.25) is 5.95 Å². The summed E-state index contributed by atoms with van der Waals surface area (Å²) in [6.45, 7) is 4.90. The van der Waals surface area contributed by atoms with Crippen molar-refractivity contribution in [3.63, 3.8) is 0 Å². The molecular weight excluding hydrogens is 366 g/mol. The van der Waals surface area contributed by atoms with Crippen LogP contribution in [-0.4, -0.2) is 29.5 Å². The highest BCUT2D eigenvalue weighted by molar-refractivity contribution is 5.93. The van der Waals surface area contributed by atoms with Crippen LogP contribution in [0.1, 0.15) is 55.0 Å². The first-order valence-corrected chi connectivity index (χ1v) is 9.96. The second-order valence-corrected chi connectivity index (χ2v) is 7.52. The van der Waals surface area contributed by atoms with Crippen molar-refractivity contribution in [2.75, 3.05) is 24.7 Å². The van der Waals surface area contributed by atoms with Gasteiger partial charge in [0.05, 0.1) is 12.5 Å². The fraction of sp³-hybridized carbons (Fsp3) is 0.476. The first kappa shape index (κ1) is 20.7. The molecule has 3 rings (SSSR count). The van der Waals surface area contributed by atoms with Gasteiger partial charge >= 0.3 is 0 Å². The highest BCUT2D eigenvalue weighted by Crippen LogP contribution is 2.50. The highest BCUT2D eigenvalue weighted by atomic mass is 16.5. The zero-order valence-corrected chi connectivity index (χ0v) is 17.3. The summed E-state index contributed by atoms with van der Waals surface area (Å²) < 4.78 is 5.59.